The topological polar surface area (TPSA) is 23.3 Å². The summed E-state index contributed by atoms with van der Waals surface area (Å²) >= 11 is 0. The van der Waals surface area contributed by atoms with E-state index in [0.29, 0.717) is 24.0 Å². The van der Waals surface area contributed by atoms with Crippen molar-refractivity contribution in [3.8, 4) is 67.5 Å². The number of aromatic nitrogens is 6. The molecule has 0 bridgehead atoms. The zero-order chi connectivity index (χ0) is 80.3. The molecule has 6 aromatic heterocycles. The van der Waals surface area contributed by atoms with E-state index in [1.165, 1.54) is 142 Å². The molecule has 6 heterocycles. The summed E-state index contributed by atoms with van der Waals surface area (Å²) in [4.78, 5) is 0. The Morgan fingerprint density at radius 3 is 0.910 bits per heavy atom. The van der Waals surface area contributed by atoms with Gasteiger partial charge in [0, 0.05) is 114 Å². The van der Waals surface area contributed by atoms with Gasteiger partial charge >= 0.3 is 0 Å². The van der Waals surface area contributed by atoms with Gasteiger partial charge in [0.25, 0.3) is 0 Å². The van der Waals surface area contributed by atoms with Gasteiger partial charge in [0.15, 0.2) is 37.2 Å². The van der Waals surface area contributed by atoms with Gasteiger partial charge in [-0.2, -0.15) is 0 Å². The standard InChI is InChI=1S/3C17H20N.3C16H18N.6CH4/c1-13-7-3-6-10-16(13)17-11-14-8-4-5-9-15(14)12-18(17)2;2*1-13-7-3-5-9-15(13)17-16-10-6-4-8-14(16)11-12-18(17)2;2*1-12-6-3-4-9-15(12)16-10-13-7-5-8-14(13)11-17(16)2;1-12-6-3-4-8-14(12)16-15-9-5-7-13(15)10-11-17(16)2;;;;;;/h3,6-7,10-12H,4-5,8-9H2,1-2H3;2*3,5,7,9,11-12H,4,6,8,10H2,1-2H3;2*3-4,6,9-11H,5,7-8H2,1-2H3;3-4,6,8,10-11H,5,7,9H2,1-2H3;6*1H4/q6*+1;;;;;;/i8D2;8D2,10D2;;7D2;;;;;;;;. The number of benzene rings is 6. The van der Waals surface area contributed by atoms with E-state index in [9.17, 15) is 0 Å². The van der Waals surface area contributed by atoms with Crippen molar-refractivity contribution in [3.05, 3.63) is 319 Å². The molecule has 0 N–H and O–H groups in total. The zero-order valence-electron chi connectivity index (χ0n) is 72.5. The molecule has 6 heteroatoms. The first-order chi connectivity index (χ1) is 54.0. The molecule has 6 nitrogen and oxygen atoms in total. The molecule has 0 unspecified atom stereocenters. The SMILES string of the molecule is C.C.C.C.C.C.Cc1ccccc1-c1c2c(cc[n+]1C)CCC2.Cc1ccccc1-c1c2c(cc[n+]1C)CCCC2.Cc1ccccc1-c1cc2c(c[n+]1C)CCC2.[2H]C1([2H])CCC([2H])([2H])c2c1cc[n+](C)c2-c1ccccc1C.[2H]C1([2H])CCCc2c[n+](C)c(-c3ccccc3C)cc21.[2H]C1([2H])CCc2c[n+](C)c(-c3ccccc3C)cc21. The molecule has 18 rings (SSSR count). The van der Waals surface area contributed by atoms with Crippen molar-refractivity contribution in [1.82, 2.24) is 0 Å². The molecule has 0 aliphatic heterocycles. The van der Waals surface area contributed by atoms with Crippen LogP contribution in [0.1, 0.15) is 213 Å². The molecular formula is C105H138N6+6. The number of hydrogen-bond donors (Lipinski definition) is 0. The molecule has 6 aromatic carbocycles. The maximum Gasteiger partial charge on any atom is 0.216 e. The first-order valence-corrected chi connectivity index (χ1v) is 38.5. The summed E-state index contributed by atoms with van der Waals surface area (Å²) in [6.07, 6.45) is 24.5. The Kier molecular flexibility index (Phi) is 28.3. The van der Waals surface area contributed by atoms with Crippen LogP contribution in [0.2, 0.25) is 0 Å². The van der Waals surface area contributed by atoms with Crippen LogP contribution in [0.4, 0.5) is 0 Å². The van der Waals surface area contributed by atoms with E-state index in [4.69, 9.17) is 11.0 Å². The highest BCUT2D eigenvalue weighted by atomic mass is 14.9. The van der Waals surface area contributed by atoms with Crippen molar-refractivity contribution in [3.63, 3.8) is 0 Å². The van der Waals surface area contributed by atoms with E-state index in [1.54, 1.807) is 33.9 Å². The second kappa shape index (κ2) is 41.0. The molecule has 582 valence electrons. The van der Waals surface area contributed by atoms with Gasteiger partial charge in [-0.25, -0.2) is 27.4 Å². The van der Waals surface area contributed by atoms with E-state index in [2.05, 4.69) is 231 Å². The Labute approximate surface area is 684 Å². The fourth-order valence-corrected chi connectivity index (χ4v) is 16.5. The highest BCUT2D eigenvalue weighted by Gasteiger charge is 2.28. The number of rotatable bonds is 6. The molecule has 111 heavy (non-hydrogen) atoms. The average molecular weight is 1490 g/mol. The minimum atomic E-state index is -1.52. The number of hydrogen-bond acceptors (Lipinski definition) is 0. The van der Waals surface area contributed by atoms with E-state index in [0.717, 1.165) is 69.7 Å². The maximum absolute atomic E-state index is 8.43. The van der Waals surface area contributed by atoms with Gasteiger partial charge in [0.05, 0.1) is 0 Å². The second-order valence-electron chi connectivity index (χ2n) is 29.7. The van der Waals surface area contributed by atoms with Gasteiger partial charge in [0.1, 0.15) is 42.3 Å². The van der Waals surface area contributed by atoms with Crippen molar-refractivity contribution < 1.29 is 38.4 Å². The number of pyridine rings is 6. The first-order valence-electron chi connectivity index (χ1n) is 42.5. The molecule has 0 spiro atoms. The molecule has 0 radical (unpaired) electrons. The van der Waals surface area contributed by atoms with Gasteiger partial charge in [-0.3, -0.25) is 0 Å². The average Bonchev–Trinajstić information content (AvgIpc) is 1.43. The summed E-state index contributed by atoms with van der Waals surface area (Å²) in [7, 11) is 12.4. The van der Waals surface area contributed by atoms with Gasteiger partial charge in [-0.05, 0) is 279 Å². The minimum absolute atomic E-state index is 0. The van der Waals surface area contributed by atoms with Crippen LogP contribution in [0.5, 0.6) is 0 Å². The van der Waals surface area contributed by atoms with E-state index in [-0.39, 0.29) is 57.4 Å². The normalized spacial score (nSPS) is 16.2. The molecule has 12 aromatic rings. The number of nitrogens with zero attached hydrogens (tertiary/aromatic N) is 6. The first kappa shape index (κ1) is 76.6. The van der Waals surface area contributed by atoms with Crippen LogP contribution < -0.4 is 27.4 Å². The van der Waals surface area contributed by atoms with Crippen LogP contribution in [0.15, 0.2) is 219 Å². The lowest BCUT2D eigenvalue weighted by Crippen LogP contribution is -2.33. The quantitative estimate of drug-likeness (QED) is 0.148. The van der Waals surface area contributed by atoms with Crippen molar-refractivity contribution in [1.29, 1.82) is 0 Å². The van der Waals surface area contributed by atoms with Crippen molar-refractivity contribution in [2.24, 2.45) is 42.3 Å². The highest BCUT2D eigenvalue weighted by Crippen LogP contribution is 2.36. The molecule has 6 aliphatic rings. The van der Waals surface area contributed by atoms with Crippen LogP contribution in [0.25, 0.3) is 67.5 Å². The van der Waals surface area contributed by atoms with E-state index >= 15 is 0 Å². The Morgan fingerprint density at radius 1 is 0.225 bits per heavy atom. The third-order valence-electron chi connectivity index (χ3n) is 22.3. The van der Waals surface area contributed by atoms with Crippen LogP contribution in [0, 0.1) is 41.5 Å². The molecule has 0 fully saturated rings. The largest absolute Gasteiger partial charge is 0.216 e. The Morgan fingerprint density at radius 2 is 0.486 bits per heavy atom. The lowest BCUT2D eigenvalue weighted by molar-refractivity contribution is -0.661. The van der Waals surface area contributed by atoms with Crippen molar-refractivity contribution >= 4 is 0 Å². The smallest absolute Gasteiger partial charge is 0.201 e. The monoisotopic (exact) mass is 1490 g/mol. The third kappa shape index (κ3) is 20.3. The fourth-order valence-electron chi connectivity index (χ4n) is 16.5. The Hall–Kier alpha value is -9.78. The van der Waals surface area contributed by atoms with Gasteiger partial charge in [-0.1, -0.05) is 154 Å². The van der Waals surface area contributed by atoms with Crippen molar-refractivity contribution in [2.75, 3.05) is 0 Å². The van der Waals surface area contributed by atoms with Crippen LogP contribution >= 0.6 is 0 Å². The predicted octanol–water partition coefficient (Wildman–Crippen LogP) is 22.8. The number of fused-ring (bicyclic) bond motifs is 6. The lowest BCUT2D eigenvalue weighted by atomic mass is 9.88. The molecule has 0 saturated carbocycles. The van der Waals surface area contributed by atoms with Crippen LogP contribution in [-0.2, 0) is 119 Å². The Balaban J connectivity index is 0.000000195. The molecule has 6 aliphatic carbocycles. The maximum atomic E-state index is 8.43. The summed E-state index contributed by atoms with van der Waals surface area (Å²) in [5.41, 5.74) is 36.5. The van der Waals surface area contributed by atoms with Crippen LogP contribution in [-0.4, -0.2) is 0 Å². The summed E-state index contributed by atoms with van der Waals surface area (Å²) in [6.45, 7) is 12.8. The van der Waals surface area contributed by atoms with E-state index in [1.807, 2.05) is 93.4 Å². The fraction of sp³-hybridized carbons (Fsp3) is 0.371. The molecule has 0 atom stereocenters. The summed E-state index contributed by atoms with van der Waals surface area (Å²) in [5.74, 6) is 0. The lowest BCUT2D eigenvalue weighted by Gasteiger charge is -2.17. The number of aryl methyl sites for hydroxylation is 21. The molecule has 0 saturated heterocycles. The highest BCUT2D eigenvalue weighted by molar-refractivity contribution is 5.69. The van der Waals surface area contributed by atoms with Gasteiger partial charge in [0.2, 0.25) is 34.2 Å². The van der Waals surface area contributed by atoms with Gasteiger partial charge in [-0.15, -0.1) is 0 Å². The van der Waals surface area contributed by atoms with Crippen LogP contribution in [0.3, 0.4) is 0 Å². The zero-order valence-corrected chi connectivity index (χ0v) is 64.5. The Bertz CT molecular complexity index is 5520. The summed E-state index contributed by atoms with van der Waals surface area (Å²) in [6, 6.07) is 63.2. The summed E-state index contributed by atoms with van der Waals surface area (Å²) in [5, 5.41) is 0. The minimum Gasteiger partial charge on any atom is -0.201 e. The van der Waals surface area contributed by atoms with Crippen molar-refractivity contribution in [2.45, 2.75) is 221 Å². The summed E-state index contributed by atoms with van der Waals surface area (Å²) < 4.78 is 79.1. The predicted molar refractivity (Wildman–Crippen MR) is 473 cm³/mol. The molecule has 0 amide bonds. The molecular weight excluding hydrogens is 1350 g/mol. The second-order valence-corrected chi connectivity index (χ2v) is 29.7. The van der Waals surface area contributed by atoms with Gasteiger partial charge < -0.3 is 0 Å². The van der Waals surface area contributed by atoms with E-state index < -0.39 is 25.5 Å². The third-order valence-corrected chi connectivity index (χ3v) is 22.3.